The number of carbonyl (C=O) groups is 1. The summed E-state index contributed by atoms with van der Waals surface area (Å²) in [6, 6.07) is 5.93. The van der Waals surface area contributed by atoms with Crippen molar-refractivity contribution in [2.24, 2.45) is 0 Å². The largest absolute Gasteiger partial charge is 0.796 e. The van der Waals surface area contributed by atoms with E-state index in [1.165, 1.54) is 24.3 Å². The summed E-state index contributed by atoms with van der Waals surface area (Å²) < 4.78 is 28.8. The first kappa shape index (κ1) is 13.8. The average molecular weight is 259 g/mol. The van der Waals surface area contributed by atoms with Gasteiger partial charge in [-0.2, -0.15) is 0 Å². The molecule has 1 saturated carbocycles. The van der Waals surface area contributed by atoms with Crippen LogP contribution in [-0.2, 0) is 0 Å². The predicted octanol–water partition coefficient (Wildman–Crippen LogP) is 3.13. The molecule has 1 aromatic carbocycles. The second-order valence-corrected chi connectivity index (χ2v) is 3.79. The third kappa shape index (κ3) is 3.91. The van der Waals surface area contributed by atoms with Crippen molar-refractivity contribution < 1.29 is 18.1 Å². The smallest absolute Gasteiger partial charge is 0.505 e. The first-order valence-corrected chi connectivity index (χ1v) is 5.65. The SMILES string of the molecule is O=C(/C=C/[C]1[CH][CH][CH][CH]1)c1ccccc1OB(F)F. The van der Waals surface area contributed by atoms with Crippen LogP contribution in [0.1, 0.15) is 10.4 Å². The number of allylic oxidation sites excluding steroid dienone is 2. The first-order valence-electron chi connectivity index (χ1n) is 5.65. The quantitative estimate of drug-likeness (QED) is 0.461. The molecule has 1 aromatic rings. The van der Waals surface area contributed by atoms with Crippen LogP contribution < -0.4 is 4.65 Å². The average Bonchev–Trinajstić information content (AvgIpc) is 2.89. The molecule has 95 valence electrons. The molecule has 0 spiro atoms. The zero-order valence-corrected chi connectivity index (χ0v) is 9.92. The normalized spacial score (nSPS) is 15.9. The second-order valence-electron chi connectivity index (χ2n) is 3.79. The third-order valence-electron chi connectivity index (χ3n) is 2.48. The Balaban J connectivity index is 2.09. The van der Waals surface area contributed by atoms with Crippen LogP contribution >= 0.6 is 0 Å². The van der Waals surface area contributed by atoms with Gasteiger partial charge in [0.1, 0.15) is 5.75 Å². The number of ketones is 1. The van der Waals surface area contributed by atoms with Gasteiger partial charge in [0.15, 0.2) is 5.78 Å². The summed E-state index contributed by atoms with van der Waals surface area (Å²) in [7, 11) is -2.95. The van der Waals surface area contributed by atoms with Crippen molar-refractivity contribution in [2.75, 3.05) is 0 Å². The summed E-state index contributed by atoms with van der Waals surface area (Å²) in [5.41, 5.74) is 0.116. The minimum atomic E-state index is -2.95. The molecular weight excluding hydrogens is 249 g/mol. The van der Waals surface area contributed by atoms with Crippen LogP contribution in [0.25, 0.3) is 0 Å². The van der Waals surface area contributed by atoms with Crippen molar-refractivity contribution >= 4 is 13.3 Å². The number of halogens is 2. The second kappa shape index (κ2) is 6.50. The Bertz CT molecular complexity index is 468. The van der Waals surface area contributed by atoms with Gasteiger partial charge in [0.25, 0.3) is 0 Å². The van der Waals surface area contributed by atoms with Gasteiger partial charge >= 0.3 is 7.47 Å². The summed E-state index contributed by atoms with van der Waals surface area (Å²) in [4.78, 5) is 11.9. The maximum absolute atomic E-state index is 12.2. The Morgan fingerprint density at radius 1 is 1.16 bits per heavy atom. The molecule has 0 heterocycles. The van der Waals surface area contributed by atoms with Gasteiger partial charge in [-0.05, 0) is 43.9 Å². The Morgan fingerprint density at radius 2 is 1.84 bits per heavy atom. The Kier molecular flexibility index (Phi) is 4.71. The summed E-state index contributed by atoms with van der Waals surface area (Å²) >= 11 is 0. The van der Waals surface area contributed by atoms with Gasteiger partial charge in [0.05, 0.1) is 5.56 Å². The van der Waals surface area contributed by atoms with Gasteiger partial charge in [0, 0.05) is 5.92 Å². The van der Waals surface area contributed by atoms with Gasteiger partial charge in [-0.25, -0.2) is 8.63 Å². The highest BCUT2D eigenvalue weighted by atomic mass is 19.2. The van der Waals surface area contributed by atoms with Crippen molar-refractivity contribution in [1.29, 1.82) is 0 Å². The minimum absolute atomic E-state index is 0.116. The van der Waals surface area contributed by atoms with Crippen molar-refractivity contribution in [2.45, 2.75) is 0 Å². The van der Waals surface area contributed by atoms with E-state index < -0.39 is 7.47 Å². The standard InChI is InChI=1S/C14H10BF2O2/c16-15(17)19-14-8-4-3-7-12(14)13(18)10-9-11-5-1-2-6-11/h1-10H/b10-9+. The molecule has 1 fully saturated rings. The fourth-order valence-electron chi connectivity index (χ4n) is 1.63. The highest BCUT2D eigenvalue weighted by Crippen LogP contribution is 2.25. The van der Waals surface area contributed by atoms with Gasteiger partial charge in [-0.3, -0.25) is 4.79 Å². The van der Waals surface area contributed by atoms with Gasteiger partial charge in [0.2, 0.25) is 0 Å². The Hall–Kier alpha value is -1.65. The molecule has 1 aliphatic carbocycles. The molecule has 5 heteroatoms. The molecule has 0 bridgehead atoms. The summed E-state index contributed by atoms with van der Waals surface area (Å²) in [5, 5.41) is 0. The van der Waals surface area contributed by atoms with E-state index in [9.17, 15) is 13.4 Å². The topological polar surface area (TPSA) is 26.3 Å². The van der Waals surface area contributed by atoms with Crippen molar-refractivity contribution in [3.05, 3.63) is 73.6 Å². The molecule has 0 saturated heterocycles. The zero-order valence-electron chi connectivity index (χ0n) is 9.92. The summed E-state index contributed by atoms with van der Waals surface area (Å²) in [6.45, 7) is 0. The van der Waals surface area contributed by atoms with Gasteiger partial charge < -0.3 is 4.65 Å². The lowest BCUT2D eigenvalue weighted by Gasteiger charge is -2.07. The van der Waals surface area contributed by atoms with E-state index in [0.717, 1.165) is 5.92 Å². The van der Waals surface area contributed by atoms with E-state index in [2.05, 4.69) is 4.65 Å². The van der Waals surface area contributed by atoms with E-state index in [4.69, 9.17) is 0 Å². The predicted molar refractivity (Wildman–Crippen MR) is 69.0 cm³/mol. The first-order chi connectivity index (χ1) is 9.16. The van der Waals surface area contributed by atoms with E-state index >= 15 is 0 Å². The molecule has 5 radical (unpaired) electrons. The van der Waals surface area contributed by atoms with Gasteiger partial charge in [-0.15, -0.1) is 0 Å². The number of para-hydroxylation sites is 1. The van der Waals surface area contributed by atoms with Crippen LogP contribution in [0.5, 0.6) is 5.75 Å². The van der Waals surface area contributed by atoms with Crippen LogP contribution in [0.15, 0.2) is 36.4 Å². The number of hydrogen-bond acceptors (Lipinski definition) is 2. The van der Waals surface area contributed by atoms with Crippen LogP contribution in [0.3, 0.4) is 0 Å². The van der Waals surface area contributed by atoms with Crippen LogP contribution in [0.2, 0.25) is 0 Å². The number of rotatable bonds is 5. The molecule has 0 atom stereocenters. The van der Waals surface area contributed by atoms with E-state index in [1.807, 2.05) is 25.7 Å². The lowest BCUT2D eigenvalue weighted by atomic mass is 10.0. The lowest BCUT2D eigenvalue weighted by molar-refractivity contribution is 0.104. The summed E-state index contributed by atoms with van der Waals surface area (Å²) in [6.07, 6.45) is 10.3. The van der Waals surface area contributed by atoms with Crippen molar-refractivity contribution in [3.8, 4) is 5.75 Å². The van der Waals surface area contributed by atoms with Crippen LogP contribution in [0.4, 0.5) is 8.63 Å². The maximum atomic E-state index is 12.2. The van der Waals surface area contributed by atoms with E-state index in [0.29, 0.717) is 0 Å². The highest BCUT2D eigenvalue weighted by molar-refractivity contribution is 6.35. The van der Waals surface area contributed by atoms with Gasteiger partial charge in [-0.1, -0.05) is 18.2 Å². The zero-order chi connectivity index (χ0) is 13.7. The molecule has 19 heavy (non-hydrogen) atoms. The maximum Gasteiger partial charge on any atom is 0.796 e. The molecule has 0 N–H and O–H groups in total. The number of carbonyl (C=O) groups excluding carboxylic acids is 1. The Morgan fingerprint density at radius 3 is 2.53 bits per heavy atom. The third-order valence-corrected chi connectivity index (χ3v) is 2.48. The van der Waals surface area contributed by atoms with Crippen LogP contribution in [-0.4, -0.2) is 13.3 Å². The van der Waals surface area contributed by atoms with Crippen LogP contribution in [0, 0.1) is 31.6 Å². The summed E-state index contributed by atoms with van der Waals surface area (Å²) in [5.74, 6) is 0.382. The van der Waals surface area contributed by atoms with E-state index in [1.54, 1.807) is 12.1 Å². The highest BCUT2D eigenvalue weighted by Gasteiger charge is 2.21. The monoisotopic (exact) mass is 259 g/mol. The van der Waals surface area contributed by atoms with Crippen molar-refractivity contribution in [3.63, 3.8) is 0 Å². The molecular formula is C14H10BF2O2. The fraction of sp³-hybridized carbons (Fsp3) is 0. The van der Waals surface area contributed by atoms with Crippen molar-refractivity contribution in [1.82, 2.24) is 0 Å². The molecule has 0 unspecified atom stereocenters. The molecule has 2 rings (SSSR count). The fourth-order valence-corrected chi connectivity index (χ4v) is 1.63. The molecule has 2 nitrogen and oxygen atoms in total. The minimum Gasteiger partial charge on any atom is -0.505 e. The Labute approximate surface area is 111 Å². The van der Waals surface area contributed by atoms with E-state index in [-0.39, 0.29) is 17.1 Å². The molecule has 0 aromatic heterocycles. The molecule has 0 amide bonds. The number of hydrogen-bond donors (Lipinski definition) is 0. The molecule has 1 aliphatic rings. The lowest BCUT2D eigenvalue weighted by Crippen LogP contribution is -2.11. The molecule has 0 aliphatic heterocycles. The number of benzene rings is 1.